The Kier molecular flexibility index (Phi) is 5.02. The molecular formula is C18H19N5O3. The molecule has 0 saturated carbocycles. The van der Waals surface area contributed by atoms with Crippen LogP contribution in [0.2, 0.25) is 0 Å². The van der Waals surface area contributed by atoms with E-state index in [0.29, 0.717) is 22.9 Å². The number of nitrogens with one attached hydrogen (secondary N) is 2. The van der Waals surface area contributed by atoms with Gasteiger partial charge >= 0.3 is 0 Å². The number of carbonyl (C=O) groups is 1. The minimum absolute atomic E-state index is 0.304. The summed E-state index contributed by atoms with van der Waals surface area (Å²) in [7, 11) is 5.04. The number of benzene rings is 1. The van der Waals surface area contributed by atoms with E-state index in [9.17, 15) is 4.79 Å². The van der Waals surface area contributed by atoms with Gasteiger partial charge in [-0.25, -0.2) is 5.43 Å². The molecule has 0 radical (unpaired) electrons. The molecule has 134 valence electrons. The van der Waals surface area contributed by atoms with Gasteiger partial charge in [-0.2, -0.15) is 10.2 Å². The van der Waals surface area contributed by atoms with Crippen LogP contribution in [0.4, 0.5) is 0 Å². The highest BCUT2D eigenvalue weighted by Crippen LogP contribution is 2.31. The van der Waals surface area contributed by atoms with E-state index in [1.165, 1.54) is 0 Å². The van der Waals surface area contributed by atoms with Crippen LogP contribution in [0.5, 0.6) is 11.5 Å². The van der Waals surface area contributed by atoms with Crippen LogP contribution in [0.1, 0.15) is 16.2 Å². The first kappa shape index (κ1) is 17.3. The van der Waals surface area contributed by atoms with Gasteiger partial charge < -0.3 is 14.0 Å². The second kappa shape index (κ2) is 7.56. The molecule has 8 nitrogen and oxygen atoms in total. The number of hydrogen-bond acceptors (Lipinski definition) is 5. The second-order valence-electron chi connectivity index (χ2n) is 5.48. The lowest BCUT2D eigenvalue weighted by Gasteiger charge is -2.08. The summed E-state index contributed by atoms with van der Waals surface area (Å²) in [5, 5.41) is 10.8. The third kappa shape index (κ3) is 3.59. The van der Waals surface area contributed by atoms with E-state index in [2.05, 4.69) is 20.7 Å². The first-order valence-electron chi connectivity index (χ1n) is 7.85. The molecule has 8 heteroatoms. The Labute approximate surface area is 150 Å². The Morgan fingerprint density at radius 2 is 2.04 bits per heavy atom. The zero-order chi connectivity index (χ0) is 18.5. The second-order valence-corrected chi connectivity index (χ2v) is 5.48. The third-order valence-corrected chi connectivity index (χ3v) is 3.85. The zero-order valence-corrected chi connectivity index (χ0v) is 14.7. The Morgan fingerprint density at radius 3 is 2.73 bits per heavy atom. The molecule has 0 bridgehead atoms. The predicted molar refractivity (Wildman–Crippen MR) is 97.6 cm³/mol. The fourth-order valence-electron chi connectivity index (χ4n) is 2.41. The zero-order valence-electron chi connectivity index (χ0n) is 14.7. The first-order valence-corrected chi connectivity index (χ1v) is 7.85. The number of hydrazone groups is 1. The number of aromatic nitrogens is 3. The monoisotopic (exact) mass is 353 g/mol. The summed E-state index contributed by atoms with van der Waals surface area (Å²) in [6.07, 6.45) is 3.47. The molecule has 2 N–H and O–H groups in total. The maximum atomic E-state index is 12.2. The van der Waals surface area contributed by atoms with Gasteiger partial charge in [-0.1, -0.05) is 0 Å². The van der Waals surface area contributed by atoms with Crippen molar-refractivity contribution in [2.75, 3.05) is 14.2 Å². The van der Waals surface area contributed by atoms with E-state index in [-0.39, 0.29) is 5.91 Å². The molecule has 0 aliphatic rings. The van der Waals surface area contributed by atoms with Gasteiger partial charge in [-0.05, 0) is 36.4 Å². The highest BCUT2D eigenvalue weighted by molar-refractivity contribution is 5.94. The van der Waals surface area contributed by atoms with Crippen molar-refractivity contribution in [1.82, 2.24) is 20.2 Å². The van der Waals surface area contributed by atoms with Crippen molar-refractivity contribution in [2.45, 2.75) is 0 Å². The molecule has 0 spiro atoms. The van der Waals surface area contributed by atoms with Crippen LogP contribution in [0.25, 0.3) is 11.3 Å². The van der Waals surface area contributed by atoms with Gasteiger partial charge in [0, 0.05) is 18.8 Å². The van der Waals surface area contributed by atoms with E-state index in [0.717, 1.165) is 11.3 Å². The summed E-state index contributed by atoms with van der Waals surface area (Å²) in [6.45, 7) is 0. The topological polar surface area (TPSA) is 93.5 Å². The summed E-state index contributed by atoms with van der Waals surface area (Å²) < 4.78 is 12.4. The highest BCUT2D eigenvalue weighted by atomic mass is 16.5. The van der Waals surface area contributed by atoms with Crippen LogP contribution >= 0.6 is 0 Å². The number of aromatic amines is 1. The average Bonchev–Trinajstić information content (AvgIpc) is 3.30. The lowest BCUT2D eigenvalue weighted by Crippen LogP contribution is -2.18. The van der Waals surface area contributed by atoms with Crippen molar-refractivity contribution in [2.24, 2.45) is 12.1 Å². The molecule has 1 amide bonds. The number of amides is 1. The number of aryl methyl sites for hydroxylation is 1. The van der Waals surface area contributed by atoms with Crippen LogP contribution in [0, 0.1) is 0 Å². The molecule has 0 atom stereocenters. The van der Waals surface area contributed by atoms with Gasteiger partial charge in [0.25, 0.3) is 5.91 Å². The molecule has 0 aliphatic heterocycles. The van der Waals surface area contributed by atoms with E-state index in [4.69, 9.17) is 9.47 Å². The smallest absolute Gasteiger partial charge is 0.289 e. The Hall–Kier alpha value is -3.55. The number of nitrogens with zero attached hydrogens (tertiary/aromatic N) is 3. The standard InChI is InChI=1S/C18H19N5O3/c1-23-8-4-5-13(23)11-19-22-18(24)15-10-14(20-21-15)12-6-7-16(25-2)17(9-12)26-3/h4-11H,1-3H3,(H,20,21)(H,22,24). The van der Waals surface area contributed by atoms with Crippen molar-refractivity contribution in [3.05, 3.63) is 54.0 Å². The molecule has 0 aliphatic carbocycles. The van der Waals surface area contributed by atoms with E-state index in [1.807, 2.05) is 36.0 Å². The molecule has 0 fully saturated rings. The highest BCUT2D eigenvalue weighted by Gasteiger charge is 2.12. The Bertz CT molecular complexity index is 942. The predicted octanol–water partition coefficient (Wildman–Crippen LogP) is 2.20. The van der Waals surface area contributed by atoms with Crippen molar-refractivity contribution in [3.8, 4) is 22.8 Å². The lowest BCUT2D eigenvalue weighted by atomic mass is 10.1. The van der Waals surface area contributed by atoms with Crippen LogP contribution in [0.15, 0.2) is 47.7 Å². The van der Waals surface area contributed by atoms with E-state index in [1.54, 1.807) is 38.6 Å². The van der Waals surface area contributed by atoms with E-state index < -0.39 is 0 Å². The van der Waals surface area contributed by atoms with Crippen LogP contribution in [0.3, 0.4) is 0 Å². The van der Waals surface area contributed by atoms with Crippen LogP contribution < -0.4 is 14.9 Å². The van der Waals surface area contributed by atoms with Crippen LogP contribution in [-0.2, 0) is 7.05 Å². The molecule has 2 heterocycles. The molecule has 0 saturated heterocycles. The van der Waals surface area contributed by atoms with Gasteiger partial charge in [-0.3, -0.25) is 9.89 Å². The van der Waals surface area contributed by atoms with Crippen molar-refractivity contribution < 1.29 is 14.3 Å². The number of H-pyrrole nitrogens is 1. The van der Waals surface area contributed by atoms with E-state index >= 15 is 0 Å². The van der Waals surface area contributed by atoms with Crippen molar-refractivity contribution in [1.29, 1.82) is 0 Å². The summed E-state index contributed by atoms with van der Waals surface area (Å²) >= 11 is 0. The molecule has 0 unspecified atom stereocenters. The summed E-state index contributed by atoms with van der Waals surface area (Å²) in [4.78, 5) is 12.2. The molecule has 3 aromatic rings. The number of rotatable bonds is 6. The van der Waals surface area contributed by atoms with Gasteiger partial charge in [0.1, 0.15) is 5.69 Å². The number of methoxy groups -OCH3 is 2. The lowest BCUT2D eigenvalue weighted by molar-refractivity contribution is 0.0950. The Balaban J connectivity index is 1.72. The maximum Gasteiger partial charge on any atom is 0.289 e. The normalized spacial score (nSPS) is 10.9. The third-order valence-electron chi connectivity index (χ3n) is 3.85. The minimum atomic E-state index is -0.380. The minimum Gasteiger partial charge on any atom is -0.493 e. The quantitative estimate of drug-likeness (QED) is 0.525. The SMILES string of the molecule is COc1ccc(-c2cc(C(=O)NN=Cc3cccn3C)[nH]n2)cc1OC. The number of hydrogen-bond donors (Lipinski definition) is 2. The number of carbonyl (C=O) groups excluding carboxylic acids is 1. The van der Waals surface area contributed by atoms with Crippen LogP contribution in [-0.4, -0.2) is 41.1 Å². The van der Waals surface area contributed by atoms with Gasteiger partial charge in [0.15, 0.2) is 11.5 Å². The van der Waals surface area contributed by atoms with Crippen molar-refractivity contribution in [3.63, 3.8) is 0 Å². The summed E-state index contributed by atoms with van der Waals surface area (Å²) in [5.41, 5.74) is 5.06. The summed E-state index contributed by atoms with van der Waals surface area (Å²) in [5.74, 6) is 0.834. The first-order chi connectivity index (χ1) is 12.6. The Morgan fingerprint density at radius 1 is 1.23 bits per heavy atom. The average molecular weight is 353 g/mol. The maximum absolute atomic E-state index is 12.2. The molecule has 26 heavy (non-hydrogen) atoms. The summed E-state index contributed by atoms with van der Waals surface area (Å²) in [6, 6.07) is 10.9. The fourth-order valence-corrected chi connectivity index (χ4v) is 2.41. The molecule has 2 aromatic heterocycles. The molecule has 1 aromatic carbocycles. The molecular weight excluding hydrogens is 334 g/mol. The largest absolute Gasteiger partial charge is 0.493 e. The fraction of sp³-hybridized carbons (Fsp3) is 0.167. The number of ether oxygens (including phenoxy) is 2. The van der Waals surface area contributed by atoms with Crippen molar-refractivity contribution >= 4 is 12.1 Å². The van der Waals surface area contributed by atoms with Gasteiger partial charge in [0.05, 0.1) is 31.8 Å². The van der Waals surface area contributed by atoms with Gasteiger partial charge in [-0.15, -0.1) is 0 Å². The van der Waals surface area contributed by atoms with Gasteiger partial charge in [0.2, 0.25) is 0 Å². The molecule has 3 rings (SSSR count).